The van der Waals surface area contributed by atoms with E-state index in [0.717, 1.165) is 11.1 Å². The maximum absolute atomic E-state index is 5.77. The van der Waals surface area contributed by atoms with Crippen molar-refractivity contribution in [3.63, 3.8) is 0 Å². The number of aryl methyl sites for hydroxylation is 1. The number of hydrogen-bond acceptors (Lipinski definition) is 1. The van der Waals surface area contributed by atoms with E-state index in [9.17, 15) is 0 Å². The minimum atomic E-state index is 0.486. The molecular formula is C46H35N. The second kappa shape index (κ2) is 11.9. The minimum absolute atomic E-state index is 0.486. The highest BCUT2D eigenvalue weighted by atomic mass is 14.5. The molecule has 0 fully saturated rings. The third-order valence-corrected chi connectivity index (χ3v) is 9.43. The molecule has 1 nitrogen and oxygen atoms in total. The van der Waals surface area contributed by atoms with Crippen LogP contribution in [0.1, 0.15) is 11.1 Å². The summed E-state index contributed by atoms with van der Waals surface area (Å²) >= 11 is 0. The smallest absolute Gasteiger partial charge is 0.0110 e. The molecule has 0 bridgehead atoms. The predicted octanol–water partition coefficient (Wildman–Crippen LogP) is 12.1. The lowest BCUT2D eigenvalue weighted by Crippen LogP contribution is -1.94. The molecule has 224 valence electrons. The van der Waals surface area contributed by atoms with Crippen LogP contribution in [0.4, 0.5) is 0 Å². The average Bonchev–Trinajstić information content (AvgIpc) is 3.12. The maximum atomic E-state index is 5.77. The second-order valence-electron chi connectivity index (χ2n) is 12.3. The fourth-order valence-electron chi connectivity index (χ4n) is 7.30. The molecule has 0 atom stereocenters. The predicted molar refractivity (Wildman–Crippen MR) is 205 cm³/mol. The van der Waals surface area contributed by atoms with Crippen molar-refractivity contribution in [2.45, 2.75) is 6.92 Å². The third-order valence-electron chi connectivity index (χ3n) is 9.43. The van der Waals surface area contributed by atoms with Crippen LogP contribution in [0.15, 0.2) is 164 Å². The number of allylic oxidation sites excluding steroid dienone is 2. The molecule has 8 rings (SSSR count). The first kappa shape index (κ1) is 28.7. The van der Waals surface area contributed by atoms with Gasteiger partial charge < -0.3 is 5.73 Å². The van der Waals surface area contributed by atoms with Gasteiger partial charge in [-0.15, -0.1) is 0 Å². The normalized spacial score (nSPS) is 11.7. The van der Waals surface area contributed by atoms with E-state index in [4.69, 9.17) is 5.73 Å². The topological polar surface area (TPSA) is 26.0 Å². The Morgan fingerprint density at radius 2 is 1.06 bits per heavy atom. The Balaban J connectivity index is 1.41. The molecule has 0 aliphatic rings. The van der Waals surface area contributed by atoms with Gasteiger partial charge in [0.25, 0.3) is 0 Å². The molecule has 0 amide bonds. The number of fused-ring (bicyclic) bond motifs is 4. The van der Waals surface area contributed by atoms with Crippen LogP contribution < -0.4 is 5.73 Å². The molecule has 0 aliphatic heterocycles. The zero-order valence-corrected chi connectivity index (χ0v) is 26.5. The van der Waals surface area contributed by atoms with Crippen LogP contribution >= 0.6 is 0 Å². The molecule has 47 heavy (non-hydrogen) atoms. The molecule has 8 aromatic rings. The van der Waals surface area contributed by atoms with Gasteiger partial charge in [-0.3, -0.25) is 0 Å². The highest BCUT2D eigenvalue weighted by molar-refractivity contribution is 6.24. The first-order valence-corrected chi connectivity index (χ1v) is 16.2. The van der Waals surface area contributed by atoms with Gasteiger partial charge in [-0.25, -0.2) is 0 Å². The van der Waals surface area contributed by atoms with Crippen LogP contribution in [0.3, 0.4) is 0 Å². The van der Waals surface area contributed by atoms with E-state index in [2.05, 4.69) is 159 Å². The molecule has 0 unspecified atom stereocenters. The van der Waals surface area contributed by atoms with Gasteiger partial charge in [0, 0.05) is 6.54 Å². The van der Waals surface area contributed by atoms with Crippen LogP contribution in [0.2, 0.25) is 0 Å². The summed E-state index contributed by atoms with van der Waals surface area (Å²) in [6, 6.07) is 53.4. The lowest BCUT2D eigenvalue weighted by Gasteiger charge is -2.20. The highest BCUT2D eigenvalue weighted by Gasteiger charge is 2.19. The highest BCUT2D eigenvalue weighted by Crippen LogP contribution is 2.47. The summed E-state index contributed by atoms with van der Waals surface area (Å²) in [6.45, 7) is 7.01. The van der Waals surface area contributed by atoms with Crippen LogP contribution in [0.25, 0.3) is 82.0 Å². The van der Waals surface area contributed by atoms with Gasteiger partial charge in [-0.2, -0.15) is 0 Å². The zero-order valence-electron chi connectivity index (χ0n) is 26.5. The molecule has 0 aliphatic carbocycles. The molecule has 0 saturated heterocycles. The molecule has 0 radical (unpaired) electrons. The fourth-order valence-corrected chi connectivity index (χ4v) is 7.30. The zero-order chi connectivity index (χ0) is 31.9. The van der Waals surface area contributed by atoms with Crippen molar-refractivity contribution in [3.8, 4) is 33.4 Å². The van der Waals surface area contributed by atoms with Crippen LogP contribution in [-0.2, 0) is 0 Å². The Morgan fingerprint density at radius 3 is 1.74 bits per heavy atom. The van der Waals surface area contributed by atoms with E-state index >= 15 is 0 Å². The van der Waals surface area contributed by atoms with E-state index in [-0.39, 0.29) is 0 Å². The molecule has 0 spiro atoms. The number of nitrogens with two attached hydrogens (primary N) is 1. The Bertz CT molecular complexity index is 2470. The summed E-state index contributed by atoms with van der Waals surface area (Å²) in [5, 5.41) is 10.00. The van der Waals surface area contributed by atoms with Crippen molar-refractivity contribution < 1.29 is 0 Å². The molecule has 0 aromatic heterocycles. The summed E-state index contributed by atoms with van der Waals surface area (Å²) in [5.74, 6) is 0. The summed E-state index contributed by atoms with van der Waals surface area (Å²) in [7, 11) is 0. The first-order valence-electron chi connectivity index (χ1n) is 16.2. The van der Waals surface area contributed by atoms with E-state index < -0.39 is 0 Å². The second-order valence-corrected chi connectivity index (χ2v) is 12.3. The van der Waals surface area contributed by atoms with Crippen LogP contribution in [-0.4, -0.2) is 6.54 Å². The Labute approximate surface area is 275 Å². The minimum Gasteiger partial charge on any atom is -0.327 e. The van der Waals surface area contributed by atoms with E-state index in [1.807, 2.05) is 12.2 Å². The molecule has 2 N–H and O–H groups in total. The summed E-state index contributed by atoms with van der Waals surface area (Å²) in [6.07, 6.45) is 3.98. The van der Waals surface area contributed by atoms with Crippen molar-refractivity contribution >= 4 is 48.7 Å². The first-order chi connectivity index (χ1) is 23.1. The lowest BCUT2D eigenvalue weighted by molar-refractivity contribution is 1.26. The van der Waals surface area contributed by atoms with Gasteiger partial charge >= 0.3 is 0 Å². The van der Waals surface area contributed by atoms with Crippen molar-refractivity contribution in [1.29, 1.82) is 0 Å². The van der Waals surface area contributed by atoms with E-state index in [1.165, 1.54) is 82.0 Å². The van der Waals surface area contributed by atoms with Crippen LogP contribution in [0, 0.1) is 6.92 Å². The van der Waals surface area contributed by atoms with Crippen molar-refractivity contribution in [3.05, 3.63) is 175 Å². The van der Waals surface area contributed by atoms with E-state index in [1.54, 1.807) is 0 Å². The van der Waals surface area contributed by atoms with Gasteiger partial charge in [0.1, 0.15) is 0 Å². The number of benzene rings is 8. The van der Waals surface area contributed by atoms with Crippen LogP contribution in [0.5, 0.6) is 0 Å². The lowest BCUT2D eigenvalue weighted by atomic mass is 9.83. The molecule has 8 aromatic carbocycles. The number of hydrogen-bond donors (Lipinski definition) is 1. The van der Waals surface area contributed by atoms with Gasteiger partial charge in [-0.1, -0.05) is 164 Å². The summed E-state index contributed by atoms with van der Waals surface area (Å²) in [5.41, 5.74) is 16.5. The molecule has 0 saturated carbocycles. The largest absolute Gasteiger partial charge is 0.327 e. The molecule has 0 heterocycles. The van der Waals surface area contributed by atoms with Gasteiger partial charge in [0.05, 0.1) is 0 Å². The quantitative estimate of drug-likeness (QED) is 0.149. The summed E-state index contributed by atoms with van der Waals surface area (Å²) < 4.78 is 0. The van der Waals surface area contributed by atoms with Gasteiger partial charge in [0.15, 0.2) is 0 Å². The molecular weight excluding hydrogens is 567 g/mol. The summed E-state index contributed by atoms with van der Waals surface area (Å²) in [4.78, 5) is 0. The standard InChI is InChI=1S/C46H35N/c1-30-21-22-33-29-34(24-23-32(33)28-30)45-40-17-7-9-19-42(40)46(43-20-10-8-18-41(43)45)44-26-25-39(37-15-5-6-16-38(37)44)36-14-4-3-13-35(36)31(2)12-11-27-47/h3-26,28-29H,2,27,47H2,1H3/b12-11-. The fraction of sp³-hybridized carbons (Fsp3) is 0.0435. The monoisotopic (exact) mass is 601 g/mol. The maximum Gasteiger partial charge on any atom is 0.0110 e. The Morgan fingerprint density at radius 1 is 0.532 bits per heavy atom. The van der Waals surface area contributed by atoms with Crippen molar-refractivity contribution in [2.24, 2.45) is 5.73 Å². The Hall–Kier alpha value is -5.76. The van der Waals surface area contributed by atoms with Gasteiger partial charge in [0.2, 0.25) is 0 Å². The van der Waals surface area contributed by atoms with E-state index in [0.29, 0.717) is 6.54 Å². The molecule has 1 heteroatoms. The average molecular weight is 602 g/mol. The van der Waals surface area contributed by atoms with Crippen molar-refractivity contribution in [2.75, 3.05) is 6.54 Å². The third kappa shape index (κ3) is 4.93. The SMILES string of the molecule is C=C(/C=C\CN)c1ccccc1-c1ccc(-c2c3ccccc3c(-c3ccc4cc(C)ccc4c3)c3ccccc23)c2ccccc12. The van der Waals surface area contributed by atoms with Crippen molar-refractivity contribution in [1.82, 2.24) is 0 Å². The Kier molecular flexibility index (Phi) is 7.25. The van der Waals surface area contributed by atoms with Gasteiger partial charge in [-0.05, 0) is 101 Å². The number of rotatable bonds is 6.